The number of rotatable bonds is 2. The molecule has 1 aromatic heterocycles. The van der Waals surface area contributed by atoms with Gasteiger partial charge in [0.15, 0.2) is 3.95 Å². The first kappa shape index (κ1) is 13.9. The molecule has 1 atom stereocenters. The van der Waals surface area contributed by atoms with Crippen molar-refractivity contribution in [2.45, 2.75) is 26.3 Å². The minimum Gasteiger partial charge on any atom is -0.341 e. The molecule has 1 fully saturated rings. The van der Waals surface area contributed by atoms with E-state index in [2.05, 4.69) is 10.3 Å². The average Bonchev–Trinajstić information content (AvgIpc) is 2.62. The number of hydrogen-bond acceptors (Lipinski definition) is 5. The zero-order valence-corrected chi connectivity index (χ0v) is 12.1. The molecular weight excluding hydrogens is 286 g/mol. The third kappa shape index (κ3) is 2.90. The number of piperazine rings is 1. The number of thiazole rings is 1. The Kier molecular flexibility index (Phi) is 3.81. The largest absolute Gasteiger partial charge is 0.341 e. The molecule has 1 aliphatic rings. The Morgan fingerprint density at radius 2 is 2.21 bits per heavy atom. The van der Waals surface area contributed by atoms with Gasteiger partial charge in [0, 0.05) is 10.6 Å². The Labute approximate surface area is 118 Å². The molecule has 6 nitrogen and oxygen atoms in total. The van der Waals surface area contributed by atoms with Crippen molar-refractivity contribution in [3.63, 3.8) is 0 Å². The van der Waals surface area contributed by atoms with Crippen molar-refractivity contribution in [1.82, 2.24) is 15.2 Å². The average molecular weight is 299 g/mol. The topological polar surface area (TPSA) is 82.3 Å². The van der Waals surface area contributed by atoms with E-state index in [1.165, 1.54) is 16.2 Å². The van der Waals surface area contributed by atoms with Crippen LogP contribution in [-0.2, 0) is 20.8 Å². The van der Waals surface area contributed by atoms with Crippen molar-refractivity contribution in [3.8, 4) is 0 Å². The number of carbonyl (C=O) groups is 3. The molecule has 1 aromatic rings. The van der Waals surface area contributed by atoms with Crippen LogP contribution in [0.3, 0.4) is 0 Å². The minimum atomic E-state index is -0.627. The molecule has 0 aliphatic carbocycles. The van der Waals surface area contributed by atoms with Crippen molar-refractivity contribution in [2.24, 2.45) is 0 Å². The summed E-state index contributed by atoms with van der Waals surface area (Å²) in [6, 6.07) is -0.627. The van der Waals surface area contributed by atoms with Crippen LogP contribution in [0.15, 0.2) is 0 Å². The van der Waals surface area contributed by atoms with E-state index in [9.17, 15) is 14.4 Å². The van der Waals surface area contributed by atoms with Gasteiger partial charge in [0.1, 0.15) is 12.6 Å². The molecule has 102 valence electrons. The van der Waals surface area contributed by atoms with Crippen molar-refractivity contribution >= 4 is 41.3 Å². The molecule has 3 amide bonds. The molecule has 0 bridgehead atoms. The van der Waals surface area contributed by atoms with Crippen LogP contribution in [0.2, 0.25) is 0 Å². The van der Waals surface area contributed by atoms with Crippen LogP contribution in [0.5, 0.6) is 0 Å². The third-order valence-electron chi connectivity index (χ3n) is 2.98. The summed E-state index contributed by atoms with van der Waals surface area (Å²) in [6.45, 7) is 3.36. The zero-order valence-electron chi connectivity index (χ0n) is 10.5. The molecule has 1 aliphatic heterocycles. The number of carbonyl (C=O) groups excluding carboxylic acids is 3. The van der Waals surface area contributed by atoms with Crippen molar-refractivity contribution in [1.29, 1.82) is 0 Å². The molecule has 0 spiro atoms. The summed E-state index contributed by atoms with van der Waals surface area (Å²) in [4.78, 5) is 40.1. The molecule has 2 rings (SSSR count). The first-order chi connectivity index (χ1) is 8.88. The summed E-state index contributed by atoms with van der Waals surface area (Å²) in [7, 11) is 0. The van der Waals surface area contributed by atoms with Gasteiger partial charge in [-0.2, -0.15) is 0 Å². The van der Waals surface area contributed by atoms with E-state index in [0.717, 1.165) is 10.6 Å². The van der Waals surface area contributed by atoms with E-state index in [-0.39, 0.29) is 18.9 Å². The zero-order chi connectivity index (χ0) is 14.2. The lowest BCUT2D eigenvalue weighted by Crippen LogP contribution is -2.58. The SMILES string of the molecule is Cc1[nH]c(=S)sc1CC(=O)N1CC(=O)NC(=O)C1C. The van der Waals surface area contributed by atoms with Gasteiger partial charge in [-0.25, -0.2) is 0 Å². The Bertz CT molecular complexity index is 605. The molecule has 0 radical (unpaired) electrons. The lowest BCUT2D eigenvalue weighted by atomic mass is 10.1. The van der Waals surface area contributed by atoms with Crippen molar-refractivity contribution in [3.05, 3.63) is 14.5 Å². The van der Waals surface area contributed by atoms with E-state index in [1.807, 2.05) is 6.92 Å². The maximum atomic E-state index is 12.2. The van der Waals surface area contributed by atoms with E-state index in [1.54, 1.807) is 6.92 Å². The molecule has 1 unspecified atom stereocenters. The fourth-order valence-corrected chi connectivity index (χ4v) is 3.15. The van der Waals surface area contributed by atoms with Crippen LogP contribution in [0.4, 0.5) is 0 Å². The molecule has 8 heteroatoms. The highest BCUT2D eigenvalue weighted by Crippen LogP contribution is 2.17. The predicted octanol–water partition coefficient (Wildman–Crippen LogP) is 0.530. The number of aryl methyl sites for hydroxylation is 1. The van der Waals surface area contributed by atoms with Crippen molar-refractivity contribution < 1.29 is 14.4 Å². The number of aromatic nitrogens is 1. The van der Waals surface area contributed by atoms with E-state index >= 15 is 0 Å². The van der Waals surface area contributed by atoms with Gasteiger partial charge in [0.2, 0.25) is 17.7 Å². The number of imide groups is 1. The van der Waals surface area contributed by atoms with Crippen LogP contribution in [-0.4, -0.2) is 40.2 Å². The minimum absolute atomic E-state index is 0.0827. The van der Waals surface area contributed by atoms with Crippen molar-refractivity contribution in [2.75, 3.05) is 6.54 Å². The van der Waals surface area contributed by atoms with E-state index < -0.39 is 17.9 Å². The fraction of sp³-hybridized carbons (Fsp3) is 0.455. The molecule has 2 N–H and O–H groups in total. The highest BCUT2D eigenvalue weighted by atomic mass is 32.1. The summed E-state index contributed by atoms with van der Waals surface area (Å²) in [5, 5.41) is 2.20. The number of nitrogens with one attached hydrogen (secondary N) is 2. The van der Waals surface area contributed by atoms with Crippen LogP contribution < -0.4 is 5.32 Å². The maximum Gasteiger partial charge on any atom is 0.249 e. The summed E-state index contributed by atoms with van der Waals surface area (Å²) in [6.07, 6.45) is 0.147. The van der Waals surface area contributed by atoms with Gasteiger partial charge in [-0.3, -0.25) is 19.7 Å². The van der Waals surface area contributed by atoms with E-state index in [4.69, 9.17) is 12.2 Å². The summed E-state index contributed by atoms with van der Waals surface area (Å²) in [5.41, 5.74) is 0.851. The van der Waals surface area contributed by atoms with Gasteiger partial charge in [-0.1, -0.05) is 0 Å². The normalized spacial score (nSPS) is 19.5. The van der Waals surface area contributed by atoms with Crippen LogP contribution in [0.1, 0.15) is 17.5 Å². The van der Waals surface area contributed by atoms with Gasteiger partial charge in [0.05, 0.1) is 6.42 Å². The molecule has 0 aromatic carbocycles. The maximum absolute atomic E-state index is 12.2. The fourth-order valence-electron chi connectivity index (χ4n) is 1.86. The molecule has 2 heterocycles. The second-order valence-electron chi connectivity index (χ2n) is 4.35. The van der Waals surface area contributed by atoms with Gasteiger partial charge >= 0.3 is 0 Å². The Balaban J connectivity index is 2.15. The second-order valence-corrected chi connectivity index (χ2v) is 6.12. The predicted molar refractivity (Wildman–Crippen MR) is 72.3 cm³/mol. The smallest absolute Gasteiger partial charge is 0.249 e. The number of hydrogen-bond donors (Lipinski definition) is 2. The molecule has 0 saturated carbocycles. The lowest BCUT2D eigenvalue weighted by Gasteiger charge is -2.31. The Morgan fingerprint density at radius 1 is 1.53 bits per heavy atom. The number of H-pyrrole nitrogens is 1. The standard InChI is InChI=1S/C11H13N3O3S2/c1-5-7(19-11(18)12-5)3-9(16)14-4-8(15)13-10(17)6(14)2/h6H,3-4H2,1-2H3,(H,12,18)(H,13,15,17). The Hall–Kier alpha value is -1.54. The summed E-state index contributed by atoms with van der Waals surface area (Å²) >= 11 is 6.35. The molecule has 1 saturated heterocycles. The van der Waals surface area contributed by atoms with Gasteiger partial charge < -0.3 is 9.88 Å². The van der Waals surface area contributed by atoms with Crippen LogP contribution >= 0.6 is 23.6 Å². The number of nitrogens with zero attached hydrogens (tertiary/aromatic N) is 1. The number of aromatic amines is 1. The summed E-state index contributed by atoms with van der Waals surface area (Å²) < 4.78 is 0.612. The van der Waals surface area contributed by atoms with Crippen LogP contribution in [0.25, 0.3) is 0 Å². The van der Waals surface area contributed by atoms with Gasteiger partial charge in [-0.15, -0.1) is 11.3 Å². The lowest BCUT2D eigenvalue weighted by molar-refractivity contribution is -0.149. The third-order valence-corrected chi connectivity index (χ3v) is 4.32. The Morgan fingerprint density at radius 3 is 2.79 bits per heavy atom. The highest BCUT2D eigenvalue weighted by molar-refractivity contribution is 7.73. The summed E-state index contributed by atoms with van der Waals surface area (Å²) in [5.74, 6) is -1.14. The first-order valence-electron chi connectivity index (χ1n) is 5.70. The first-order valence-corrected chi connectivity index (χ1v) is 6.92. The van der Waals surface area contributed by atoms with Gasteiger partial charge in [-0.05, 0) is 26.1 Å². The second kappa shape index (κ2) is 5.22. The molecule has 19 heavy (non-hydrogen) atoms. The monoisotopic (exact) mass is 299 g/mol. The van der Waals surface area contributed by atoms with Crippen LogP contribution in [0, 0.1) is 10.9 Å². The quantitative estimate of drug-likeness (QED) is 0.616. The number of amides is 3. The molecular formula is C11H13N3O3S2. The van der Waals surface area contributed by atoms with E-state index in [0.29, 0.717) is 3.95 Å². The highest BCUT2D eigenvalue weighted by Gasteiger charge is 2.33. The van der Waals surface area contributed by atoms with Gasteiger partial charge in [0.25, 0.3) is 0 Å².